The predicted octanol–water partition coefficient (Wildman–Crippen LogP) is -0.527. The van der Waals surface area contributed by atoms with Crippen LogP contribution >= 0.6 is 0 Å². The van der Waals surface area contributed by atoms with Crippen LogP contribution in [0.3, 0.4) is 0 Å². The summed E-state index contributed by atoms with van der Waals surface area (Å²) in [7, 11) is 0. The van der Waals surface area contributed by atoms with Crippen molar-refractivity contribution in [1.29, 1.82) is 0 Å². The summed E-state index contributed by atoms with van der Waals surface area (Å²) in [5.41, 5.74) is -1.56. The van der Waals surface area contributed by atoms with Crippen molar-refractivity contribution in [3.63, 3.8) is 0 Å². The molecule has 2 aliphatic rings. The summed E-state index contributed by atoms with van der Waals surface area (Å²) in [5, 5.41) is 0. The first-order valence-electron chi connectivity index (χ1n) is 8.17. The van der Waals surface area contributed by atoms with Gasteiger partial charge in [-0.25, -0.2) is 9.59 Å². The number of carbonyl (C=O) groups excluding carboxylic acids is 2. The molecule has 0 aromatic rings. The molecule has 2 heterocycles. The summed E-state index contributed by atoms with van der Waals surface area (Å²) in [4.78, 5) is 29.4. The Morgan fingerprint density at radius 2 is 1.17 bits per heavy atom. The molecule has 2 fully saturated rings. The monoisotopic (exact) mass is 330 g/mol. The molecule has 0 bridgehead atoms. The van der Waals surface area contributed by atoms with E-state index in [1.54, 1.807) is 13.8 Å². The minimum Gasteiger partial charge on any atom is -0.463 e. The van der Waals surface area contributed by atoms with Gasteiger partial charge in [0.2, 0.25) is 0 Å². The van der Waals surface area contributed by atoms with Crippen molar-refractivity contribution in [2.45, 2.75) is 19.5 Å². The van der Waals surface area contributed by atoms with Gasteiger partial charge in [0.1, 0.15) is 0 Å². The first kappa shape index (κ1) is 18.1. The highest BCUT2D eigenvalue weighted by Gasteiger charge is 2.58. The van der Waals surface area contributed by atoms with Gasteiger partial charge in [0.25, 0.3) is 5.66 Å². The van der Waals surface area contributed by atoms with E-state index in [4.69, 9.17) is 18.9 Å². The van der Waals surface area contributed by atoms with Gasteiger partial charge >= 0.3 is 11.9 Å². The van der Waals surface area contributed by atoms with Crippen LogP contribution in [0.5, 0.6) is 0 Å². The van der Waals surface area contributed by atoms with Crippen LogP contribution in [0.1, 0.15) is 13.8 Å². The molecule has 0 atom stereocenters. The predicted molar refractivity (Wildman–Crippen MR) is 80.8 cm³/mol. The zero-order valence-electron chi connectivity index (χ0n) is 13.9. The van der Waals surface area contributed by atoms with Crippen molar-refractivity contribution in [1.82, 2.24) is 9.80 Å². The maximum atomic E-state index is 12.9. The van der Waals surface area contributed by atoms with Gasteiger partial charge in [-0.05, 0) is 13.8 Å². The summed E-state index contributed by atoms with van der Waals surface area (Å²) in [6.07, 6.45) is 0. The fourth-order valence-electron chi connectivity index (χ4n) is 3.04. The van der Waals surface area contributed by atoms with Gasteiger partial charge in [0.05, 0.1) is 39.6 Å². The molecule has 8 nitrogen and oxygen atoms in total. The fraction of sp³-hybridized carbons (Fsp3) is 0.867. The quantitative estimate of drug-likeness (QED) is 0.475. The Morgan fingerprint density at radius 3 is 1.48 bits per heavy atom. The third-order valence-electron chi connectivity index (χ3n) is 4.06. The molecule has 0 amide bonds. The fourth-order valence-corrected chi connectivity index (χ4v) is 3.04. The van der Waals surface area contributed by atoms with Gasteiger partial charge in [-0.15, -0.1) is 0 Å². The lowest BCUT2D eigenvalue weighted by molar-refractivity contribution is -0.203. The smallest absolute Gasteiger partial charge is 0.353 e. The third kappa shape index (κ3) is 3.65. The highest BCUT2D eigenvalue weighted by atomic mass is 16.6. The lowest BCUT2D eigenvalue weighted by atomic mass is 10.0. The molecule has 0 N–H and O–H groups in total. The number of rotatable bonds is 6. The van der Waals surface area contributed by atoms with Crippen molar-refractivity contribution in [3.05, 3.63) is 0 Å². The molecule has 0 aromatic heterocycles. The second-order valence-electron chi connectivity index (χ2n) is 5.31. The molecule has 132 valence electrons. The summed E-state index contributed by atoms with van der Waals surface area (Å²) in [6.45, 7) is 7.59. The topological polar surface area (TPSA) is 77.5 Å². The van der Waals surface area contributed by atoms with E-state index in [1.807, 2.05) is 9.80 Å². The lowest BCUT2D eigenvalue weighted by Crippen LogP contribution is -2.73. The highest BCUT2D eigenvalue weighted by molar-refractivity contribution is 6.04. The molecular formula is C15H26N2O6. The highest BCUT2D eigenvalue weighted by Crippen LogP contribution is 2.27. The SMILES string of the molecule is CCOC(=O)C(C(=O)OCC)(N1CCOCC1)N1CCOCC1. The normalized spacial score (nSPS) is 21.0. The van der Waals surface area contributed by atoms with Crippen LogP contribution in [0.25, 0.3) is 0 Å². The Bertz CT molecular complexity index is 367. The number of hydrogen-bond donors (Lipinski definition) is 0. The van der Waals surface area contributed by atoms with E-state index in [-0.39, 0.29) is 13.2 Å². The van der Waals surface area contributed by atoms with Crippen LogP contribution in [-0.4, -0.2) is 93.2 Å². The van der Waals surface area contributed by atoms with Gasteiger partial charge in [0.15, 0.2) is 0 Å². The molecule has 2 aliphatic heterocycles. The van der Waals surface area contributed by atoms with Crippen LogP contribution in [0, 0.1) is 0 Å². The molecule has 0 aliphatic carbocycles. The number of ether oxygens (including phenoxy) is 4. The van der Waals surface area contributed by atoms with Crippen LogP contribution in [0.2, 0.25) is 0 Å². The van der Waals surface area contributed by atoms with E-state index >= 15 is 0 Å². The van der Waals surface area contributed by atoms with Gasteiger partial charge < -0.3 is 18.9 Å². The third-order valence-corrected chi connectivity index (χ3v) is 4.06. The summed E-state index contributed by atoms with van der Waals surface area (Å²) in [5.74, 6) is -1.16. The molecular weight excluding hydrogens is 304 g/mol. The molecule has 0 radical (unpaired) electrons. The Morgan fingerprint density at radius 1 is 0.826 bits per heavy atom. The van der Waals surface area contributed by atoms with Gasteiger partial charge in [-0.3, -0.25) is 9.80 Å². The van der Waals surface area contributed by atoms with Crippen LogP contribution in [0.15, 0.2) is 0 Å². The zero-order valence-corrected chi connectivity index (χ0v) is 13.9. The maximum Gasteiger partial charge on any atom is 0.353 e. The van der Waals surface area contributed by atoms with Gasteiger partial charge in [-0.2, -0.15) is 0 Å². The molecule has 2 rings (SSSR count). The average molecular weight is 330 g/mol. The number of morpholine rings is 2. The lowest BCUT2D eigenvalue weighted by Gasteiger charge is -2.48. The number of nitrogens with zero attached hydrogens (tertiary/aromatic N) is 2. The van der Waals surface area contributed by atoms with Gasteiger partial charge in [0, 0.05) is 26.2 Å². The van der Waals surface area contributed by atoms with Crippen molar-refractivity contribution in [2.24, 2.45) is 0 Å². The van der Waals surface area contributed by atoms with E-state index in [9.17, 15) is 9.59 Å². The van der Waals surface area contributed by atoms with E-state index in [0.29, 0.717) is 52.6 Å². The van der Waals surface area contributed by atoms with E-state index < -0.39 is 17.6 Å². The molecule has 2 saturated heterocycles. The number of esters is 2. The second kappa shape index (κ2) is 8.58. The van der Waals surface area contributed by atoms with E-state index in [0.717, 1.165) is 0 Å². The zero-order chi connectivity index (χ0) is 16.7. The van der Waals surface area contributed by atoms with Crippen molar-refractivity contribution >= 4 is 11.9 Å². The standard InChI is InChI=1S/C15H26N2O6/c1-3-22-13(18)15(14(19)23-4-2,16-5-9-20-10-6-16)17-7-11-21-12-8-17/h3-12H2,1-2H3. The van der Waals surface area contributed by atoms with Crippen LogP contribution in [0.4, 0.5) is 0 Å². The van der Waals surface area contributed by atoms with Gasteiger partial charge in [-0.1, -0.05) is 0 Å². The van der Waals surface area contributed by atoms with Crippen molar-refractivity contribution in [3.8, 4) is 0 Å². The molecule has 0 spiro atoms. The molecule has 23 heavy (non-hydrogen) atoms. The van der Waals surface area contributed by atoms with Crippen molar-refractivity contribution in [2.75, 3.05) is 65.8 Å². The Labute approximate surface area is 136 Å². The largest absolute Gasteiger partial charge is 0.463 e. The number of hydrogen-bond acceptors (Lipinski definition) is 8. The van der Waals surface area contributed by atoms with E-state index in [1.165, 1.54) is 0 Å². The minimum atomic E-state index is -1.56. The molecule has 0 aromatic carbocycles. The molecule has 8 heteroatoms. The minimum absolute atomic E-state index is 0.203. The summed E-state index contributed by atoms with van der Waals surface area (Å²) in [6, 6.07) is 0. The average Bonchev–Trinajstić information content (AvgIpc) is 2.58. The van der Waals surface area contributed by atoms with Crippen molar-refractivity contribution < 1.29 is 28.5 Å². The Kier molecular flexibility index (Phi) is 6.76. The van der Waals surface area contributed by atoms with Crippen LogP contribution < -0.4 is 0 Å². The first-order chi connectivity index (χ1) is 11.2. The Hall–Kier alpha value is -1.22. The summed E-state index contributed by atoms with van der Waals surface area (Å²) >= 11 is 0. The Balaban J connectivity index is 2.41. The molecule has 0 unspecified atom stereocenters. The number of carbonyl (C=O) groups is 2. The second-order valence-corrected chi connectivity index (χ2v) is 5.31. The maximum absolute atomic E-state index is 12.9. The first-order valence-corrected chi connectivity index (χ1v) is 8.17. The van der Waals surface area contributed by atoms with E-state index in [2.05, 4.69) is 0 Å². The molecule has 0 saturated carbocycles. The summed E-state index contributed by atoms with van der Waals surface area (Å²) < 4.78 is 21.3. The van der Waals surface area contributed by atoms with Crippen LogP contribution in [-0.2, 0) is 28.5 Å².